The monoisotopic (exact) mass is 295 g/mol. The molecule has 0 spiro atoms. The Balaban J connectivity index is 1.90. The lowest BCUT2D eigenvalue weighted by Crippen LogP contribution is -2.51. The highest BCUT2D eigenvalue weighted by atomic mass is 32.2. The van der Waals surface area contributed by atoms with Crippen LogP contribution in [0.1, 0.15) is 30.4 Å². The second kappa shape index (κ2) is 4.46. The summed E-state index contributed by atoms with van der Waals surface area (Å²) in [6.07, 6.45) is 3.01. The lowest BCUT2D eigenvalue weighted by Gasteiger charge is -2.37. The fourth-order valence-electron chi connectivity index (χ4n) is 2.53. The van der Waals surface area contributed by atoms with Crippen LogP contribution in [0.5, 0.6) is 5.75 Å². The molecule has 3 rings (SSSR count). The molecule has 1 fully saturated rings. The van der Waals surface area contributed by atoms with Crippen molar-refractivity contribution in [1.29, 1.82) is 0 Å². The van der Waals surface area contributed by atoms with Crippen LogP contribution < -0.4 is 16.2 Å². The Labute approximate surface area is 117 Å². The van der Waals surface area contributed by atoms with Crippen LogP contribution in [0.3, 0.4) is 0 Å². The molecule has 0 saturated heterocycles. The topological polar surface area (TPSA) is 108 Å². The zero-order valence-corrected chi connectivity index (χ0v) is 11.8. The molecule has 1 saturated carbocycles. The van der Waals surface area contributed by atoms with E-state index in [-0.39, 0.29) is 17.1 Å². The van der Waals surface area contributed by atoms with Crippen molar-refractivity contribution in [3.63, 3.8) is 0 Å². The number of nitrogens with zero attached hydrogens (tertiary/aromatic N) is 1. The summed E-state index contributed by atoms with van der Waals surface area (Å²) < 4.78 is 32.5. The van der Waals surface area contributed by atoms with E-state index in [0.29, 0.717) is 23.5 Å². The molecule has 0 radical (unpaired) electrons. The first-order valence-electron chi connectivity index (χ1n) is 6.51. The van der Waals surface area contributed by atoms with Crippen LogP contribution in [-0.4, -0.2) is 26.4 Å². The maximum atomic E-state index is 11.6. The van der Waals surface area contributed by atoms with Crippen molar-refractivity contribution in [2.75, 3.05) is 6.61 Å². The minimum Gasteiger partial charge on any atom is -0.491 e. The second-order valence-electron chi connectivity index (χ2n) is 5.50. The third kappa shape index (κ3) is 2.38. The van der Waals surface area contributed by atoms with Gasteiger partial charge in [-0.1, -0.05) is 12.1 Å². The van der Waals surface area contributed by atoms with Gasteiger partial charge in [-0.15, -0.1) is 4.40 Å². The van der Waals surface area contributed by atoms with Crippen LogP contribution in [0.15, 0.2) is 22.6 Å². The predicted octanol–water partition coefficient (Wildman–Crippen LogP) is 0.495. The van der Waals surface area contributed by atoms with E-state index in [0.717, 1.165) is 19.3 Å². The van der Waals surface area contributed by atoms with Gasteiger partial charge >= 0.3 is 0 Å². The van der Waals surface area contributed by atoms with E-state index in [1.807, 2.05) is 0 Å². The van der Waals surface area contributed by atoms with Crippen LogP contribution >= 0.6 is 0 Å². The first kappa shape index (κ1) is 13.4. The molecule has 6 nitrogen and oxygen atoms in total. The van der Waals surface area contributed by atoms with Gasteiger partial charge in [0.1, 0.15) is 18.2 Å². The van der Waals surface area contributed by atoms with Gasteiger partial charge in [-0.25, -0.2) is 8.42 Å². The Bertz CT molecular complexity index is 678. The van der Waals surface area contributed by atoms with Crippen molar-refractivity contribution >= 4 is 15.9 Å². The number of rotatable bonds is 3. The summed E-state index contributed by atoms with van der Waals surface area (Å²) in [7, 11) is -3.52. The number of sulfonamides is 1. The van der Waals surface area contributed by atoms with Gasteiger partial charge in [0.2, 0.25) is 0 Å². The molecule has 108 valence electrons. The summed E-state index contributed by atoms with van der Waals surface area (Å²) >= 11 is 0. The zero-order valence-electron chi connectivity index (χ0n) is 11.0. The average molecular weight is 295 g/mol. The van der Waals surface area contributed by atoms with Gasteiger partial charge in [-0.3, -0.25) is 0 Å². The highest BCUT2D eigenvalue weighted by molar-refractivity contribution is 7.89. The fraction of sp³-hybridized carbons (Fsp3) is 0.462. The standard InChI is InChI=1S/C13H17N3O3S/c14-12-11-9(7-20(17,18)16-12)3-1-4-10(11)19-8-13(15)5-2-6-13/h1,3-4H,2,5-8,15H2,(H2,14,16). The number of benzene rings is 1. The van der Waals surface area contributed by atoms with E-state index < -0.39 is 10.0 Å². The molecule has 1 aromatic carbocycles. The van der Waals surface area contributed by atoms with Gasteiger partial charge in [-0.2, -0.15) is 0 Å². The van der Waals surface area contributed by atoms with Crippen LogP contribution in [-0.2, 0) is 15.8 Å². The molecule has 2 aliphatic rings. The lowest BCUT2D eigenvalue weighted by atomic mass is 9.78. The van der Waals surface area contributed by atoms with E-state index in [9.17, 15) is 8.42 Å². The number of amidine groups is 1. The van der Waals surface area contributed by atoms with Crippen molar-refractivity contribution in [2.24, 2.45) is 15.9 Å². The Morgan fingerprint density at radius 3 is 2.75 bits per heavy atom. The van der Waals surface area contributed by atoms with Crippen LogP contribution in [0.25, 0.3) is 0 Å². The van der Waals surface area contributed by atoms with Gasteiger partial charge in [0.25, 0.3) is 10.0 Å². The van der Waals surface area contributed by atoms with Crippen molar-refractivity contribution < 1.29 is 13.2 Å². The molecular weight excluding hydrogens is 278 g/mol. The van der Waals surface area contributed by atoms with E-state index >= 15 is 0 Å². The van der Waals surface area contributed by atoms with Gasteiger partial charge in [0.15, 0.2) is 0 Å². The van der Waals surface area contributed by atoms with Crippen molar-refractivity contribution in [3.05, 3.63) is 29.3 Å². The van der Waals surface area contributed by atoms with E-state index in [1.165, 1.54) is 0 Å². The van der Waals surface area contributed by atoms with Crippen molar-refractivity contribution in [2.45, 2.75) is 30.6 Å². The molecule has 4 N–H and O–H groups in total. The van der Waals surface area contributed by atoms with Crippen LogP contribution in [0, 0.1) is 0 Å². The number of ether oxygens (including phenoxy) is 1. The van der Waals surface area contributed by atoms with Gasteiger partial charge < -0.3 is 16.2 Å². The quantitative estimate of drug-likeness (QED) is 0.844. The Morgan fingerprint density at radius 2 is 2.10 bits per heavy atom. The Morgan fingerprint density at radius 1 is 1.35 bits per heavy atom. The summed E-state index contributed by atoms with van der Waals surface area (Å²) in [5.41, 5.74) is 12.8. The first-order valence-corrected chi connectivity index (χ1v) is 8.12. The highest BCUT2D eigenvalue weighted by Gasteiger charge is 2.34. The maximum absolute atomic E-state index is 11.6. The SMILES string of the molecule is NC1=NS(=O)(=O)Cc2cccc(OCC3(N)CCC3)c21. The van der Waals surface area contributed by atoms with Crippen molar-refractivity contribution in [3.8, 4) is 5.75 Å². The van der Waals surface area contributed by atoms with E-state index in [4.69, 9.17) is 16.2 Å². The molecule has 0 aromatic heterocycles. The van der Waals surface area contributed by atoms with E-state index in [2.05, 4.69) is 4.40 Å². The predicted molar refractivity (Wildman–Crippen MR) is 76.1 cm³/mol. The number of fused-ring (bicyclic) bond motifs is 1. The third-order valence-electron chi connectivity index (χ3n) is 3.81. The molecule has 1 aliphatic carbocycles. The molecule has 20 heavy (non-hydrogen) atoms. The Hall–Kier alpha value is -1.60. The minimum atomic E-state index is -3.52. The summed E-state index contributed by atoms with van der Waals surface area (Å²) in [6.45, 7) is 0.406. The third-order valence-corrected chi connectivity index (χ3v) is 4.96. The fourth-order valence-corrected chi connectivity index (χ4v) is 3.62. The van der Waals surface area contributed by atoms with Crippen LogP contribution in [0.2, 0.25) is 0 Å². The summed E-state index contributed by atoms with van der Waals surface area (Å²) in [6, 6.07) is 5.25. The molecule has 7 heteroatoms. The smallest absolute Gasteiger partial charge is 0.259 e. The highest BCUT2D eigenvalue weighted by Crippen LogP contribution is 2.32. The molecule has 1 aliphatic heterocycles. The minimum absolute atomic E-state index is 0.0125. The Kier molecular flexibility index (Phi) is 2.98. The number of hydrogen-bond donors (Lipinski definition) is 2. The second-order valence-corrected chi connectivity index (χ2v) is 7.13. The number of hydrogen-bond acceptors (Lipinski definition) is 5. The summed E-state index contributed by atoms with van der Waals surface area (Å²) in [4.78, 5) is 0. The summed E-state index contributed by atoms with van der Waals surface area (Å²) in [5, 5.41) is 0. The molecule has 1 aromatic rings. The molecule has 0 amide bonds. The van der Waals surface area contributed by atoms with Crippen molar-refractivity contribution in [1.82, 2.24) is 0 Å². The molecule has 0 atom stereocenters. The molecule has 1 heterocycles. The molecule has 0 bridgehead atoms. The molecular formula is C13H17N3O3S. The summed E-state index contributed by atoms with van der Waals surface area (Å²) in [5.74, 6) is 0.394. The van der Waals surface area contributed by atoms with Gasteiger partial charge in [0.05, 0.1) is 16.9 Å². The largest absolute Gasteiger partial charge is 0.491 e. The lowest BCUT2D eigenvalue weighted by molar-refractivity contribution is 0.142. The number of nitrogens with two attached hydrogens (primary N) is 2. The van der Waals surface area contributed by atoms with Gasteiger partial charge in [0, 0.05) is 0 Å². The maximum Gasteiger partial charge on any atom is 0.259 e. The normalized spacial score (nSPS) is 22.4. The van der Waals surface area contributed by atoms with Gasteiger partial charge in [-0.05, 0) is 30.9 Å². The first-order chi connectivity index (χ1) is 9.39. The average Bonchev–Trinajstić information content (AvgIpc) is 2.32. The zero-order chi connectivity index (χ0) is 14.4. The molecule has 0 unspecified atom stereocenters. The van der Waals surface area contributed by atoms with Crippen LogP contribution in [0.4, 0.5) is 0 Å². The van der Waals surface area contributed by atoms with E-state index in [1.54, 1.807) is 18.2 Å².